The molecule has 1 heterocycles. The van der Waals surface area contributed by atoms with Crippen LogP contribution in [0.15, 0.2) is 66.9 Å². The largest absolute Gasteiger partial charge is 0.456 e. The van der Waals surface area contributed by atoms with Gasteiger partial charge in [0, 0.05) is 11.8 Å². The molecule has 0 bridgehead atoms. The summed E-state index contributed by atoms with van der Waals surface area (Å²) in [6, 6.07) is 18.6. The molecule has 0 N–H and O–H groups in total. The molecular weight excluding hydrogens is 344 g/mol. The molecule has 0 amide bonds. The molecule has 0 atom stereocenters. The maximum atomic E-state index is 12.3. The predicted octanol–water partition coefficient (Wildman–Crippen LogP) is 3.50. The molecule has 136 valence electrons. The van der Waals surface area contributed by atoms with E-state index in [-0.39, 0.29) is 24.7 Å². The third-order valence-electron chi connectivity index (χ3n) is 3.77. The normalized spacial score (nSPS) is 10.3. The van der Waals surface area contributed by atoms with Gasteiger partial charge in [0.05, 0.1) is 0 Å². The Balaban J connectivity index is 1.66. The van der Waals surface area contributed by atoms with E-state index in [1.165, 1.54) is 6.20 Å². The summed E-state index contributed by atoms with van der Waals surface area (Å²) in [6.45, 7) is 1.90. The zero-order chi connectivity index (χ0) is 19.1. The Hall–Kier alpha value is -3.54. The van der Waals surface area contributed by atoms with Crippen molar-refractivity contribution in [1.82, 2.24) is 9.97 Å². The van der Waals surface area contributed by atoms with Gasteiger partial charge in [-0.25, -0.2) is 19.6 Å². The standard InChI is InChI=1S/C21H18N2O4/c1-15-12-22-19(21(25)27-14-17-10-6-3-7-11-17)23-18(15)20(24)26-13-16-8-4-2-5-9-16/h2-12H,13-14H2,1H3. The van der Waals surface area contributed by atoms with E-state index in [1.54, 1.807) is 6.92 Å². The first-order valence-electron chi connectivity index (χ1n) is 8.39. The molecule has 3 aromatic rings. The Kier molecular flexibility index (Phi) is 5.89. The second kappa shape index (κ2) is 8.71. The van der Waals surface area contributed by atoms with Crippen molar-refractivity contribution >= 4 is 11.9 Å². The SMILES string of the molecule is Cc1cnc(C(=O)OCc2ccccc2)nc1C(=O)OCc1ccccc1. The molecule has 3 rings (SSSR count). The van der Waals surface area contributed by atoms with E-state index in [1.807, 2.05) is 60.7 Å². The molecule has 6 heteroatoms. The Bertz CT molecular complexity index is 927. The number of rotatable bonds is 6. The van der Waals surface area contributed by atoms with Crippen LogP contribution >= 0.6 is 0 Å². The average molecular weight is 362 g/mol. The highest BCUT2D eigenvalue weighted by atomic mass is 16.5. The van der Waals surface area contributed by atoms with E-state index in [0.29, 0.717) is 5.56 Å². The highest BCUT2D eigenvalue weighted by molar-refractivity contribution is 5.91. The number of esters is 2. The number of nitrogens with zero attached hydrogens (tertiary/aromatic N) is 2. The monoisotopic (exact) mass is 362 g/mol. The summed E-state index contributed by atoms with van der Waals surface area (Å²) in [6.07, 6.45) is 1.41. The molecule has 0 aliphatic rings. The number of hydrogen-bond acceptors (Lipinski definition) is 6. The fourth-order valence-electron chi connectivity index (χ4n) is 2.33. The van der Waals surface area contributed by atoms with E-state index >= 15 is 0 Å². The van der Waals surface area contributed by atoms with Crippen molar-refractivity contribution in [1.29, 1.82) is 0 Å². The van der Waals surface area contributed by atoms with E-state index in [0.717, 1.165) is 11.1 Å². The lowest BCUT2D eigenvalue weighted by molar-refractivity contribution is 0.0450. The second-order valence-corrected chi connectivity index (χ2v) is 5.85. The second-order valence-electron chi connectivity index (χ2n) is 5.85. The van der Waals surface area contributed by atoms with Crippen LogP contribution < -0.4 is 0 Å². The average Bonchev–Trinajstić information content (AvgIpc) is 2.72. The van der Waals surface area contributed by atoms with Crippen molar-refractivity contribution in [2.75, 3.05) is 0 Å². The van der Waals surface area contributed by atoms with Crippen LogP contribution in [-0.4, -0.2) is 21.9 Å². The van der Waals surface area contributed by atoms with Crippen molar-refractivity contribution in [2.24, 2.45) is 0 Å². The lowest BCUT2D eigenvalue weighted by atomic mass is 10.2. The summed E-state index contributed by atoms with van der Waals surface area (Å²) in [4.78, 5) is 32.5. The summed E-state index contributed by atoms with van der Waals surface area (Å²) in [7, 11) is 0. The van der Waals surface area contributed by atoms with Gasteiger partial charge in [0.2, 0.25) is 5.82 Å². The van der Waals surface area contributed by atoms with Crippen molar-refractivity contribution < 1.29 is 19.1 Å². The number of hydrogen-bond donors (Lipinski definition) is 0. The smallest absolute Gasteiger partial charge is 0.376 e. The van der Waals surface area contributed by atoms with Crippen LogP contribution in [-0.2, 0) is 22.7 Å². The minimum atomic E-state index is -0.698. The zero-order valence-corrected chi connectivity index (χ0v) is 14.8. The van der Waals surface area contributed by atoms with Gasteiger partial charge in [-0.1, -0.05) is 60.7 Å². The first-order chi connectivity index (χ1) is 13.1. The highest BCUT2D eigenvalue weighted by Crippen LogP contribution is 2.10. The van der Waals surface area contributed by atoms with E-state index < -0.39 is 11.9 Å². The van der Waals surface area contributed by atoms with Crippen LogP contribution in [0.5, 0.6) is 0 Å². The highest BCUT2D eigenvalue weighted by Gasteiger charge is 2.19. The van der Waals surface area contributed by atoms with Crippen LogP contribution in [0.25, 0.3) is 0 Å². The minimum absolute atomic E-state index is 0.0487. The Morgan fingerprint density at radius 3 is 1.89 bits per heavy atom. The van der Waals surface area contributed by atoms with Gasteiger partial charge in [-0.3, -0.25) is 0 Å². The van der Waals surface area contributed by atoms with Gasteiger partial charge < -0.3 is 9.47 Å². The van der Waals surface area contributed by atoms with Crippen LogP contribution in [0.2, 0.25) is 0 Å². The molecule has 1 aromatic heterocycles. The molecule has 2 aromatic carbocycles. The molecule has 27 heavy (non-hydrogen) atoms. The fraction of sp³-hybridized carbons (Fsp3) is 0.143. The summed E-state index contributed by atoms with van der Waals surface area (Å²) in [5.41, 5.74) is 2.28. The molecular formula is C21H18N2O4. The Morgan fingerprint density at radius 1 is 0.815 bits per heavy atom. The number of aromatic nitrogens is 2. The van der Waals surface area contributed by atoms with Crippen molar-refractivity contribution in [3.05, 3.63) is 95.1 Å². The summed E-state index contributed by atoms with van der Waals surface area (Å²) < 4.78 is 10.5. The van der Waals surface area contributed by atoms with Crippen molar-refractivity contribution in [3.63, 3.8) is 0 Å². The van der Waals surface area contributed by atoms with E-state index in [9.17, 15) is 9.59 Å². The van der Waals surface area contributed by atoms with Gasteiger partial charge >= 0.3 is 11.9 Å². The topological polar surface area (TPSA) is 78.4 Å². The number of aryl methyl sites for hydroxylation is 1. The lowest BCUT2D eigenvalue weighted by Gasteiger charge is -2.08. The molecule has 0 spiro atoms. The molecule has 0 fully saturated rings. The number of carbonyl (C=O) groups excluding carboxylic acids is 2. The lowest BCUT2D eigenvalue weighted by Crippen LogP contribution is -2.16. The number of benzene rings is 2. The third-order valence-corrected chi connectivity index (χ3v) is 3.77. The maximum Gasteiger partial charge on any atom is 0.376 e. The fourth-order valence-corrected chi connectivity index (χ4v) is 2.33. The Labute approximate surface area is 156 Å². The van der Waals surface area contributed by atoms with Crippen molar-refractivity contribution in [3.8, 4) is 0 Å². The molecule has 0 saturated heterocycles. The van der Waals surface area contributed by atoms with Crippen molar-refractivity contribution in [2.45, 2.75) is 20.1 Å². The van der Waals surface area contributed by atoms with Gasteiger partial charge in [0.15, 0.2) is 5.69 Å². The van der Waals surface area contributed by atoms with E-state index in [2.05, 4.69) is 9.97 Å². The summed E-state index contributed by atoms with van der Waals surface area (Å²) in [5, 5.41) is 0. The molecule has 0 unspecified atom stereocenters. The van der Waals surface area contributed by atoms with Gasteiger partial charge in [-0.15, -0.1) is 0 Å². The summed E-state index contributed by atoms with van der Waals surface area (Å²) >= 11 is 0. The quantitative estimate of drug-likeness (QED) is 0.625. The van der Waals surface area contributed by atoms with Crippen LogP contribution in [0.3, 0.4) is 0 Å². The molecule has 0 saturated carbocycles. The molecule has 0 aliphatic heterocycles. The minimum Gasteiger partial charge on any atom is -0.456 e. The van der Waals surface area contributed by atoms with E-state index in [4.69, 9.17) is 9.47 Å². The van der Waals surface area contributed by atoms with Gasteiger partial charge in [-0.05, 0) is 18.1 Å². The van der Waals surface area contributed by atoms with Crippen LogP contribution in [0, 0.1) is 6.92 Å². The van der Waals surface area contributed by atoms with Gasteiger partial charge in [0.25, 0.3) is 0 Å². The maximum absolute atomic E-state index is 12.3. The summed E-state index contributed by atoms with van der Waals surface area (Å²) in [5.74, 6) is -1.49. The van der Waals surface area contributed by atoms with Gasteiger partial charge in [-0.2, -0.15) is 0 Å². The number of carbonyl (C=O) groups is 2. The molecule has 6 nitrogen and oxygen atoms in total. The zero-order valence-electron chi connectivity index (χ0n) is 14.8. The Morgan fingerprint density at radius 2 is 1.33 bits per heavy atom. The first-order valence-corrected chi connectivity index (χ1v) is 8.39. The number of ether oxygens (including phenoxy) is 2. The first kappa shape index (κ1) is 18.3. The predicted molar refractivity (Wildman–Crippen MR) is 97.9 cm³/mol. The van der Waals surface area contributed by atoms with Gasteiger partial charge in [0.1, 0.15) is 13.2 Å². The molecule has 0 aliphatic carbocycles. The molecule has 0 radical (unpaired) electrons. The van der Waals surface area contributed by atoms with Crippen LogP contribution in [0.4, 0.5) is 0 Å². The van der Waals surface area contributed by atoms with Crippen LogP contribution in [0.1, 0.15) is 37.8 Å². The third kappa shape index (κ3) is 4.98.